The van der Waals surface area contributed by atoms with E-state index in [-0.39, 0.29) is 5.91 Å². The third-order valence-electron chi connectivity index (χ3n) is 6.13. The normalized spacial score (nSPS) is 15.4. The van der Waals surface area contributed by atoms with Crippen LogP contribution in [0.4, 0.5) is 5.69 Å². The number of rotatable bonds is 8. The van der Waals surface area contributed by atoms with Gasteiger partial charge in [0.1, 0.15) is 12.4 Å². The fourth-order valence-corrected chi connectivity index (χ4v) is 5.30. The van der Waals surface area contributed by atoms with Gasteiger partial charge in [-0.05, 0) is 72.6 Å². The van der Waals surface area contributed by atoms with Crippen molar-refractivity contribution in [3.05, 3.63) is 135 Å². The van der Waals surface area contributed by atoms with Crippen molar-refractivity contribution < 1.29 is 9.53 Å². The van der Waals surface area contributed by atoms with Crippen LogP contribution in [-0.4, -0.2) is 22.5 Å². The molecule has 6 heteroatoms. The van der Waals surface area contributed by atoms with E-state index in [2.05, 4.69) is 28.1 Å². The summed E-state index contributed by atoms with van der Waals surface area (Å²) in [4.78, 5) is 20.9. The monoisotopic (exact) mass is 582 g/mol. The number of nitrogens with zero attached hydrogens (tertiary/aromatic N) is 2. The number of carbonyl (C=O) groups is 1. The van der Waals surface area contributed by atoms with Gasteiger partial charge in [-0.1, -0.05) is 94.3 Å². The summed E-state index contributed by atoms with van der Waals surface area (Å²) in [7, 11) is 0. The average Bonchev–Trinajstić information content (AvgIpc) is 3.23. The highest BCUT2D eigenvalue weighted by Crippen LogP contribution is 2.36. The SMILES string of the molecule is Cc1ccc(N=C2SC(=Cc3ccccc3OCc3ccc(Br)cc3)C(=O)N2CCc2ccccc2)cc1. The second-order valence-electron chi connectivity index (χ2n) is 8.99. The fourth-order valence-electron chi connectivity index (χ4n) is 4.02. The minimum atomic E-state index is -0.0421. The Morgan fingerprint density at radius 1 is 0.868 bits per heavy atom. The Morgan fingerprint density at radius 3 is 2.34 bits per heavy atom. The zero-order valence-electron chi connectivity index (χ0n) is 21.0. The van der Waals surface area contributed by atoms with E-state index in [9.17, 15) is 4.79 Å². The Kier molecular flexibility index (Phi) is 8.41. The lowest BCUT2D eigenvalue weighted by molar-refractivity contribution is -0.122. The van der Waals surface area contributed by atoms with Gasteiger partial charge < -0.3 is 4.74 Å². The number of hydrogen-bond donors (Lipinski definition) is 0. The number of aryl methyl sites for hydroxylation is 1. The van der Waals surface area contributed by atoms with Gasteiger partial charge in [0.2, 0.25) is 0 Å². The number of halogens is 1. The maximum atomic E-state index is 13.6. The highest BCUT2D eigenvalue weighted by atomic mass is 79.9. The van der Waals surface area contributed by atoms with E-state index in [1.807, 2.05) is 104 Å². The van der Waals surface area contributed by atoms with Crippen molar-refractivity contribution in [2.24, 2.45) is 4.99 Å². The van der Waals surface area contributed by atoms with Gasteiger partial charge in [-0.15, -0.1) is 0 Å². The van der Waals surface area contributed by atoms with Gasteiger partial charge in [0.15, 0.2) is 5.17 Å². The molecule has 0 radical (unpaired) electrons. The largest absolute Gasteiger partial charge is 0.488 e. The van der Waals surface area contributed by atoms with E-state index < -0.39 is 0 Å². The van der Waals surface area contributed by atoms with Crippen LogP contribution in [0.3, 0.4) is 0 Å². The molecule has 0 aromatic heterocycles. The molecule has 0 atom stereocenters. The minimum absolute atomic E-state index is 0.0421. The minimum Gasteiger partial charge on any atom is -0.488 e. The highest BCUT2D eigenvalue weighted by Gasteiger charge is 2.33. The quantitative estimate of drug-likeness (QED) is 0.197. The summed E-state index contributed by atoms with van der Waals surface area (Å²) in [5.74, 6) is 0.690. The molecule has 0 aliphatic carbocycles. The summed E-state index contributed by atoms with van der Waals surface area (Å²) < 4.78 is 7.18. The maximum Gasteiger partial charge on any atom is 0.266 e. The van der Waals surface area contributed by atoms with Crippen LogP contribution in [0.1, 0.15) is 22.3 Å². The molecular formula is C32H27BrN2O2S. The molecule has 1 saturated heterocycles. The number of thioether (sulfide) groups is 1. The first-order chi connectivity index (χ1) is 18.5. The molecule has 1 aliphatic heterocycles. The van der Waals surface area contributed by atoms with E-state index >= 15 is 0 Å². The van der Waals surface area contributed by atoms with Crippen molar-refractivity contribution in [2.45, 2.75) is 20.0 Å². The van der Waals surface area contributed by atoms with Crippen LogP contribution in [0, 0.1) is 6.92 Å². The van der Waals surface area contributed by atoms with Gasteiger partial charge >= 0.3 is 0 Å². The molecule has 0 spiro atoms. The smallest absolute Gasteiger partial charge is 0.266 e. The van der Waals surface area contributed by atoms with Crippen molar-refractivity contribution in [3.8, 4) is 5.75 Å². The highest BCUT2D eigenvalue weighted by molar-refractivity contribution is 9.10. The molecule has 5 rings (SSSR count). The van der Waals surface area contributed by atoms with Crippen molar-refractivity contribution >= 4 is 50.5 Å². The number of amidine groups is 1. The van der Waals surface area contributed by atoms with Crippen LogP contribution < -0.4 is 4.74 Å². The summed E-state index contributed by atoms with van der Waals surface area (Å²) >= 11 is 4.88. The van der Waals surface area contributed by atoms with Gasteiger partial charge in [0, 0.05) is 16.6 Å². The second kappa shape index (κ2) is 12.3. The number of carbonyl (C=O) groups excluding carboxylic acids is 1. The second-order valence-corrected chi connectivity index (χ2v) is 10.9. The van der Waals surface area contributed by atoms with Gasteiger partial charge in [0.25, 0.3) is 5.91 Å². The lowest BCUT2D eigenvalue weighted by Crippen LogP contribution is -2.31. The lowest BCUT2D eigenvalue weighted by Gasteiger charge is -2.15. The Balaban J connectivity index is 1.40. The Morgan fingerprint density at radius 2 is 1.58 bits per heavy atom. The summed E-state index contributed by atoms with van der Waals surface area (Å²) in [6, 6.07) is 34.1. The van der Waals surface area contributed by atoms with Crippen LogP contribution in [0.15, 0.2) is 117 Å². The van der Waals surface area contributed by atoms with E-state index in [4.69, 9.17) is 9.73 Å². The molecule has 190 valence electrons. The zero-order valence-corrected chi connectivity index (χ0v) is 23.4. The lowest BCUT2D eigenvalue weighted by atomic mass is 10.1. The molecule has 0 unspecified atom stereocenters. The Bertz CT molecular complexity index is 1470. The van der Waals surface area contributed by atoms with Gasteiger partial charge in [-0.2, -0.15) is 0 Å². The standard InChI is InChI=1S/C32H27BrN2O2S/c1-23-11-17-28(18-12-23)34-32-35(20-19-24-7-3-2-4-8-24)31(36)30(38-32)21-26-9-5-6-10-29(26)37-22-25-13-15-27(33)16-14-25/h2-18,21H,19-20,22H2,1H3. The number of amides is 1. The first-order valence-corrected chi connectivity index (χ1v) is 14.0. The van der Waals surface area contributed by atoms with Crippen LogP contribution in [-0.2, 0) is 17.8 Å². The predicted octanol–water partition coefficient (Wildman–Crippen LogP) is 8.18. The van der Waals surface area contributed by atoms with Crippen LogP contribution in [0.5, 0.6) is 5.75 Å². The van der Waals surface area contributed by atoms with E-state index in [0.29, 0.717) is 23.2 Å². The van der Waals surface area contributed by atoms with Crippen molar-refractivity contribution in [1.82, 2.24) is 4.90 Å². The summed E-state index contributed by atoms with van der Waals surface area (Å²) in [6.45, 7) is 3.05. The molecule has 0 saturated carbocycles. The number of para-hydroxylation sites is 1. The Labute approximate surface area is 236 Å². The Hall–Kier alpha value is -3.61. The summed E-state index contributed by atoms with van der Waals surface area (Å²) in [5, 5.41) is 0.689. The number of ether oxygens (including phenoxy) is 1. The van der Waals surface area contributed by atoms with Gasteiger partial charge in [0.05, 0.1) is 10.6 Å². The van der Waals surface area contributed by atoms with Crippen molar-refractivity contribution in [2.75, 3.05) is 6.54 Å². The maximum absolute atomic E-state index is 13.6. The molecule has 0 bridgehead atoms. The fraction of sp³-hybridized carbons (Fsp3) is 0.125. The van der Waals surface area contributed by atoms with E-state index in [1.165, 1.54) is 22.9 Å². The molecule has 1 fully saturated rings. The molecule has 1 amide bonds. The first-order valence-electron chi connectivity index (χ1n) is 12.4. The van der Waals surface area contributed by atoms with E-state index in [0.717, 1.165) is 33.5 Å². The molecule has 1 aliphatic rings. The molecule has 4 aromatic carbocycles. The molecule has 4 aromatic rings. The van der Waals surface area contributed by atoms with Crippen LogP contribution in [0.25, 0.3) is 6.08 Å². The molecule has 38 heavy (non-hydrogen) atoms. The first kappa shape index (κ1) is 26.0. The third-order valence-corrected chi connectivity index (χ3v) is 7.66. The van der Waals surface area contributed by atoms with Crippen LogP contribution in [0.2, 0.25) is 0 Å². The van der Waals surface area contributed by atoms with Gasteiger partial charge in [-0.3, -0.25) is 9.69 Å². The van der Waals surface area contributed by atoms with Crippen molar-refractivity contribution in [1.29, 1.82) is 0 Å². The van der Waals surface area contributed by atoms with E-state index in [1.54, 1.807) is 4.90 Å². The van der Waals surface area contributed by atoms with Crippen molar-refractivity contribution in [3.63, 3.8) is 0 Å². The third kappa shape index (κ3) is 6.63. The topological polar surface area (TPSA) is 41.9 Å². The van der Waals surface area contributed by atoms with Gasteiger partial charge in [-0.25, -0.2) is 4.99 Å². The molecule has 1 heterocycles. The number of aliphatic imine (C=N–C) groups is 1. The molecular weight excluding hydrogens is 556 g/mol. The number of hydrogen-bond acceptors (Lipinski definition) is 4. The number of benzene rings is 4. The predicted molar refractivity (Wildman–Crippen MR) is 161 cm³/mol. The summed E-state index contributed by atoms with van der Waals surface area (Å²) in [6.07, 6.45) is 2.66. The molecule has 0 N–H and O–H groups in total. The average molecular weight is 584 g/mol. The molecule has 4 nitrogen and oxygen atoms in total. The van der Waals surface area contributed by atoms with Crippen LogP contribution >= 0.6 is 27.7 Å². The summed E-state index contributed by atoms with van der Waals surface area (Å²) in [5.41, 5.74) is 5.12. The zero-order chi connectivity index (χ0) is 26.3.